The van der Waals surface area contributed by atoms with Crippen molar-refractivity contribution in [1.82, 2.24) is 4.90 Å². The second kappa shape index (κ2) is 8.39. The number of nitrogens with zero attached hydrogens (tertiary/aromatic N) is 1. The molecule has 0 bridgehead atoms. The van der Waals surface area contributed by atoms with Crippen LogP contribution in [-0.4, -0.2) is 41.8 Å². The molecule has 0 spiro atoms. The first kappa shape index (κ1) is 21.7. The molecule has 0 unspecified atom stereocenters. The van der Waals surface area contributed by atoms with Crippen LogP contribution in [0.25, 0.3) is 0 Å². The molecule has 1 aliphatic heterocycles. The maximum Gasteiger partial charge on any atom is 0.417 e. The molecule has 5 nitrogen and oxygen atoms in total. The van der Waals surface area contributed by atoms with Crippen molar-refractivity contribution in [1.29, 1.82) is 0 Å². The molecule has 1 aliphatic rings. The van der Waals surface area contributed by atoms with Crippen LogP contribution in [0.5, 0.6) is 0 Å². The third-order valence-corrected chi connectivity index (χ3v) is 4.77. The maximum atomic E-state index is 15.3. The highest BCUT2D eigenvalue weighted by atomic mass is 19.3. The Hall–Kier alpha value is -3.01. The van der Waals surface area contributed by atoms with Gasteiger partial charge < -0.3 is 4.74 Å². The van der Waals surface area contributed by atoms with Crippen molar-refractivity contribution in [2.24, 2.45) is 5.73 Å². The zero-order valence-electron chi connectivity index (χ0n) is 15.4. The SMILES string of the molecule is N[C@@](F)(C(=O)N1C(=O)OC[C@@H]1Cc1ccccc1)[C@@H](c1cc(F)cc(F)c1)C(F)F. The molecular formula is C20H17F5N2O3. The van der Waals surface area contributed by atoms with Gasteiger partial charge in [0, 0.05) is 6.07 Å². The number of rotatable bonds is 6. The standard InChI is InChI=1S/C20H17F5N2O3/c21-13-7-12(8-14(22)9-13)16(17(23)24)20(25,26)18(28)27-15(10-30-19(27)29)6-11-4-2-1-3-5-11/h1-5,7-9,15-17H,6,10,26H2/t15-,16-,20+/m0/s1. The third kappa shape index (κ3) is 4.28. The fourth-order valence-electron chi connectivity index (χ4n) is 3.39. The van der Waals surface area contributed by atoms with Gasteiger partial charge in [0.25, 0.3) is 11.7 Å². The molecule has 160 valence electrons. The lowest BCUT2D eigenvalue weighted by Crippen LogP contribution is -2.59. The van der Waals surface area contributed by atoms with Crippen LogP contribution in [-0.2, 0) is 16.0 Å². The summed E-state index contributed by atoms with van der Waals surface area (Å²) >= 11 is 0. The Morgan fingerprint density at radius 2 is 1.77 bits per heavy atom. The first-order valence-corrected chi connectivity index (χ1v) is 8.87. The average molecular weight is 428 g/mol. The van der Waals surface area contributed by atoms with Gasteiger partial charge in [0.05, 0.1) is 6.04 Å². The number of halogens is 5. The normalized spacial score (nSPS) is 19.5. The molecule has 10 heteroatoms. The van der Waals surface area contributed by atoms with Gasteiger partial charge in [-0.2, -0.15) is 0 Å². The van der Waals surface area contributed by atoms with Crippen molar-refractivity contribution in [2.75, 3.05) is 6.61 Å². The van der Waals surface area contributed by atoms with Gasteiger partial charge in [-0.3, -0.25) is 10.5 Å². The van der Waals surface area contributed by atoms with Crippen molar-refractivity contribution in [3.63, 3.8) is 0 Å². The van der Waals surface area contributed by atoms with E-state index in [9.17, 15) is 27.2 Å². The Morgan fingerprint density at radius 1 is 1.17 bits per heavy atom. The van der Waals surface area contributed by atoms with Crippen molar-refractivity contribution in [3.05, 3.63) is 71.3 Å². The van der Waals surface area contributed by atoms with Crippen molar-refractivity contribution >= 4 is 12.0 Å². The lowest BCUT2D eigenvalue weighted by Gasteiger charge is -2.32. The molecule has 30 heavy (non-hydrogen) atoms. The number of carbonyl (C=O) groups excluding carboxylic acids is 2. The van der Waals surface area contributed by atoms with Gasteiger partial charge in [0.2, 0.25) is 6.43 Å². The molecule has 0 saturated carbocycles. The molecule has 3 atom stereocenters. The highest BCUT2D eigenvalue weighted by Gasteiger charge is 2.54. The molecule has 2 aromatic rings. The zero-order valence-corrected chi connectivity index (χ0v) is 15.4. The summed E-state index contributed by atoms with van der Waals surface area (Å²) in [5.41, 5.74) is 5.17. The summed E-state index contributed by atoms with van der Waals surface area (Å²) in [4.78, 5) is 25.2. The number of ether oxygens (including phenoxy) is 1. The number of cyclic esters (lactones) is 1. The fourth-order valence-corrected chi connectivity index (χ4v) is 3.39. The highest BCUT2D eigenvalue weighted by Crippen LogP contribution is 2.37. The van der Waals surface area contributed by atoms with E-state index in [1.54, 1.807) is 30.3 Å². The molecule has 1 heterocycles. The summed E-state index contributed by atoms with van der Waals surface area (Å²) in [6, 6.07) is 8.84. The predicted octanol–water partition coefficient (Wildman–Crippen LogP) is 3.53. The van der Waals surface area contributed by atoms with E-state index in [1.165, 1.54) is 0 Å². The lowest BCUT2D eigenvalue weighted by atomic mass is 9.88. The van der Waals surface area contributed by atoms with Crippen LogP contribution in [0.4, 0.5) is 26.7 Å². The van der Waals surface area contributed by atoms with E-state index in [0.29, 0.717) is 28.7 Å². The number of benzene rings is 2. The van der Waals surface area contributed by atoms with Crippen LogP contribution in [0.1, 0.15) is 17.0 Å². The summed E-state index contributed by atoms with van der Waals surface area (Å²) in [5, 5.41) is 0. The van der Waals surface area contributed by atoms with Crippen LogP contribution in [0.2, 0.25) is 0 Å². The Morgan fingerprint density at radius 3 is 2.33 bits per heavy atom. The second-order valence-corrected chi connectivity index (χ2v) is 6.88. The molecule has 0 aliphatic carbocycles. The summed E-state index contributed by atoms with van der Waals surface area (Å²) in [7, 11) is 0. The van der Waals surface area contributed by atoms with E-state index in [-0.39, 0.29) is 13.0 Å². The summed E-state index contributed by atoms with van der Waals surface area (Å²) in [5.74, 6) is -10.8. The average Bonchev–Trinajstić information content (AvgIpc) is 3.00. The van der Waals surface area contributed by atoms with Crippen LogP contribution >= 0.6 is 0 Å². The topological polar surface area (TPSA) is 72.6 Å². The quantitative estimate of drug-likeness (QED) is 0.565. The Labute approximate surface area is 168 Å². The number of hydrogen-bond donors (Lipinski definition) is 1. The number of amides is 2. The molecule has 3 rings (SSSR count). The van der Waals surface area contributed by atoms with Crippen LogP contribution in [0.3, 0.4) is 0 Å². The number of alkyl halides is 3. The number of nitrogens with two attached hydrogens (primary N) is 1. The van der Waals surface area contributed by atoms with E-state index in [0.717, 1.165) is 0 Å². The van der Waals surface area contributed by atoms with Crippen LogP contribution < -0.4 is 5.73 Å². The molecule has 0 aromatic heterocycles. The predicted molar refractivity (Wildman–Crippen MR) is 95.3 cm³/mol. The molecule has 1 fully saturated rings. The summed E-state index contributed by atoms with van der Waals surface area (Å²) < 4.78 is 74.5. The zero-order chi connectivity index (χ0) is 22.1. The first-order valence-electron chi connectivity index (χ1n) is 8.87. The Bertz CT molecular complexity index is 919. The van der Waals surface area contributed by atoms with Gasteiger partial charge in [-0.25, -0.2) is 31.6 Å². The maximum absolute atomic E-state index is 15.3. The molecule has 2 aromatic carbocycles. The highest BCUT2D eigenvalue weighted by molar-refractivity contribution is 5.98. The van der Waals surface area contributed by atoms with E-state index >= 15 is 4.39 Å². The number of hydrogen-bond acceptors (Lipinski definition) is 4. The first-order chi connectivity index (χ1) is 14.1. The van der Waals surface area contributed by atoms with Gasteiger partial charge in [-0.05, 0) is 29.7 Å². The number of imide groups is 1. The minimum Gasteiger partial charge on any atom is -0.447 e. The smallest absolute Gasteiger partial charge is 0.417 e. The minimum atomic E-state index is -3.84. The van der Waals surface area contributed by atoms with Crippen LogP contribution in [0.15, 0.2) is 48.5 Å². The lowest BCUT2D eigenvalue weighted by molar-refractivity contribution is -0.146. The number of carbonyl (C=O) groups is 2. The van der Waals surface area contributed by atoms with Gasteiger partial charge in [0.1, 0.15) is 24.2 Å². The van der Waals surface area contributed by atoms with Gasteiger partial charge in [-0.15, -0.1) is 0 Å². The van der Waals surface area contributed by atoms with Gasteiger partial charge in [-0.1, -0.05) is 30.3 Å². The van der Waals surface area contributed by atoms with Crippen molar-refractivity contribution in [3.8, 4) is 0 Å². The Kier molecular flexibility index (Phi) is 6.06. The summed E-state index contributed by atoms with van der Waals surface area (Å²) in [6.45, 7) is -0.288. The third-order valence-electron chi connectivity index (χ3n) is 4.77. The molecule has 1 saturated heterocycles. The molecule has 2 N–H and O–H groups in total. The second-order valence-electron chi connectivity index (χ2n) is 6.88. The van der Waals surface area contributed by atoms with E-state index < -0.39 is 53.4 Å². The van der Waals surface area contributed by atoms with Crippen LogP contribution in [0, 0.1) is 11.6 Å². The fraction of sp³-hybridized carbons (Fsp3) is 0.300. The van der Waals surface area contributed by atoms with Gasteiger partial charge >= 0.3 is 6.09 Å². The largest absolute Gasteiger partial charge is 0.447 e. The molecule has 0 radical (unpaired) electrons. The van der Waals surface area contributed by atoms with E-state index in [4.69, 9.17) is 10.5 Å². The van der Waals surface area contributed by atoms with Crippen molar-refractivity contribution < 1.29 is 36.3 Å². The van der Waals surface area contributed by atoms with E-state index in [1.807, 2.05) is 0 Å². The van der Waals surface area contributed by atoms with Gasteiger partial charge in [0.15, 0.2) is 0 Å². The minimum absolute atomic E-state index is 0.0718. The monoisotopic (exact) mass is 428 g/mol. The summed E-state index contributed by atoms with van der Waals surface area (Å²) in [6.07, 6.45) is -4.77. The Balaban J connectivity index is 1.93. The molecule has 2 amide bonds. The van der Waals surface area contributed by atoms with E-state index in [2.05, 4.69) is 0 Å². The molecular weight excluding hydrogens is 411 g/mol. The van der Waals surface area contributed by atoms with Crippen molar-refractivity contribution in [2.45, 2.75) is 30.6 Å².